The molecule has 0 aliphatic carbocycles. The van der Waals surface area contributed by atoms with Crippen molar-refractivity contribution in [1.82, 2.24) is 4.98 Å². The lowest BCUT2D eigenvalue weighted by Crippen LogP contribution is -2.24. The van der Waals surface area contributed by atoms with Crippen LogP contribution in [-0.2, 0) is 5.88 Å². The number of hydrogen-bond acceptors (Lipinski definition) is 2. The van der Waals surface area contributed by atoms with Crippen LogP contribution in [0.15, 0.2) is 41.0 Å². The highest BCUT2D eigenvalue weighted by Crippen LogP contribution is 2.29. The van der Waals surface area contributed by atoms with Crippen LogP contribution in [0, 0.1) is 5.82 Å². The van der Waals surface area contributed by atoms with E-state index >= 15 is 0 Å². The van der Waals surface area contributed by atoms with Gasteiger partial charge in [-0.2, -0.15) is 0 Å². The largest absolute Gasteiger partial charge is 0.353 e. The molecule has 0 bridgehead atoms. The first-order chi connectivity index (χ1) is 9.54. The molecule has 2 aromatic rings. The topological polar surface area (TPSA) is 16.1 Å². The predicted molar refractivity (Wildman–Crippen MR) is 84.7 cm³/mol. The molecule has 1 aromatic carbocycles. The summed E-state index contributed by atoms with van der Waals surface area (Å²) < 4.78 is 14.8. The summed E-state index contributed by atoms with van der Waals surface area (Å²) in [6.07, 6.45) is 1.72. The first-order valence-corrected chi connectivity index (χ1v) is 7.55. The Kier molecular flexibility index (Phi) is 5.00. The van der Waals surface area contributed by atoms with E-state index in [1.807, 2.05) is 31.0 Å². The fourth-order valence-electron chi connectivity index (χ4n) is 2.10. The SMILES string of the molecule is CC(c1ccccc1F)N(C)c1ncc(Br)cc1CCl. The van der Waals surface area contributed by atoms with Gasteiger partial charge < -0.3 is 4.90 Å². The van der Waals surface area contributed by atoms with E-state index in [0.717, 1.165) is 15.9 Å². The van der Waals surface area contributed by atoms with E-state index in [2.05, 4.69) is 20.9 Å². The molecule has 0 saturated heterocycles. The molecule has 1 atom stereocenters. The van der Waals surface area contributed by atoms with Crippen molar-refractivity contribution in [3.05, 3.63) is 57.9 Å². The maximum absolute atomic E-state index is 13.9. The highest BCUT2D eigenvalue weighted by atomic mass is 79.9. The number of halogens is 3. The Morgan fingerprint density at radius 1 is 1.40 bits per heavy atom. The third-order valence-corrected chi connectivity index (χ3v) is 4.05. The molecular formula is C15H15BrClFN2. The second-order valence-electron chi connectivity index (χ2n) is 4.58. The van der Waals surface area contributed by atoms with Gasteiger partial charge in [-0.3, -0.25) is 0 Å². The second kappa shape index (κ2) is 6.55. The number of nitrogens with zero attached hydrogens (tertiary/aromatic N) is 2. The smallest absolute Gasteiger partial charge is 0.133 e. The molecule has 0 N–H and O–H groups in total. The van der Waals surface area contributed by atoms with Gasteiger partial charge in [-0.1, -0.05) is 18.2 Å². The van der Waals surface area contributed by atoms with Crippen molar-refractivity contribution in [2.24, 2.45) is 0 Å². The van der Waals surface area contributed by atoms with Crippen LogP contribution in [0.25, 0.3) is 0 Å². The van der Waals surface area contributed by atoms with Crippen LogP contribution in [-0.4, -0.2) is 12.0 Å². The molecular weight excluding hydrogens is 343 g/mol. The minimum atomic E-state index is -0.212. The van der Waals surface area contributed by atoms with Gasteiger partial charge in [-0.05, 0) is 35.0 Å². The number of anilines is 1. The van der Waals surface area contributed by atoms with Crippen LogP contribution >= 0.6 is 27.5 Å². The number of rotatable bonds is 4. The summed E-state index contributed by atoms with van der Waals surface area (Å²) in [6.45, 7) is 1.94. The minimum absolute atomic E-state index is 0.133. The van der Waals surface area contributed by atoms with Gasteiger partial charge in [0.2, 0.25) is 0 Å². The average Bonchev–Trinajstić information content (AvgIpc) is 2.46. The summed E-state index contributed by atoms with van der Waals surface area (Å²) in [6, 6.07) is 8.58. The van der Waals surface area contributed by atoms with Gasteiger partial charge >= 0.3 is 0 Å². The molecule has 106 valence electrons. The Morgan fingerprint density at radius 3 is 2.75 bits per heavy atom. The standard InChI is InChI=1S/C15H15BrClFN2/c1-10(13-5-3-4-6-14(13)18)20(2)15-11(8-17)7-12(16)9-19-15/h3-7,9-10H,8H2,1-2H3. The van der Waals surface area contributed by atoms with Crippen molar-refractivity contribution < 1.29 is 4.39 Å². The maximum atomic E-state index is 13.9. The number of benzene rings is 1. The zero-order valence-electron chi connectivity index (χ0n) is 11.3. The van der Waals surface area contributed by atoms with Gasteiger partial charge in [0.05, 0.1) is 11.9 Å². The van der Waals surface area contributed by atoms with Crippen LogP contribution in [0.3, 0.4) is 0 Å². The van der Waals surface area contributed by atoms with E-state index in [9.17, 15) is 4.39 Å². The van der Waals surface area contributed by atoms with E-state index in [0.29, 0.717) is 11.4 Å². The zero-order chi connectivity index (χ0) is 14.7. The Morgan fingerprint density at radius 2 is 2.10 bits per heavy atom. The van der Waals surface area contributed by atoms with E-state index < -0.39 is 0 Å². The molecule has 5 heteroatoms. The predicted octanol–water partition coefficient (Wildman–Crippen LogP) is 4.92. The molecule has 0 aliphatic rings. The van der Waals surface area contributed by atoms with E-state index in [-0.39, 0.29) is 11.9 Å². The Labute approximate surface area is 131 Å². The third-order valence-electron chi connectivity index (χ3n) is 3.32. The van der Waals surface area contributed by atoms with E-state index in [1.54, 1.807) is 18.3 Å². The Hall–Kier alpha value is -1.13. The van der Waals surface area contributed by atoms with Gasteiger partial charge in [0.15, 0.2) is 0 Å². The summed E-state index contributed by atoms with van der Waals surface area (Å²) in [4.78, 5) is 6.33. The molecule has 0 spiro atoms. The van der Waals surface area contributed by atoms with Crippen LogP contribution in [0.5, 0.6) is 0 Å². The molecule has 0 radical (unpaired) electrons. The van der Waals surface area contributed by atoms with Crippen LogP contribution in [0.4, 0.5) is 10.2 Å². The van der Waals surface area contributed by atoms with E-state index in [4.69, 9.17) is 11.6 Å². The van der Waals surface area contributed by atoms with Crippen molar-refractivity contribution in [1.29, 1.82) is 0 Å². The number of pyridine rings is 1. The lowest BCUT2D eigenvalue weighted by Gasteiger charge is -2.28. The quantitative estimate of drug-likeness (QED) is 0.722. The maximum Gasteiger partial charge on any atom is 0.133 e. The van der Waals surface area contributed by atoms with Gasteiger partial charge in [0, 0.05) is 28.8 Å². The second-order valence-corrected chi connectivity index (χ2v) is 5.76. The highest BCUT2D eigenvalue weighted by molar-refractivity contribution is 9.10. The average molecular weight is 358 g/mol. The molecule has 1 aromatic heterocycles. The lowest BCUT2D eigenvalue weighted by molar-refractivity contribution is 0.584. The molecule has 2 rings (SSSR count). The highest BCUT2D eigenvalue weighted by Gasteiger charge is 2.19. The molecule has 0 saturated carbocycles. The fourth-order valence-corrected chi connectivity index (χ4v) is 2.67. The molecule has 1 unspecified atom stereocenters. The Balaban J connectivity index is 2.36. The number of aromatic nitrogens is 1. The molecule has 1 heterocycles. The number of alkyl halides is 1. The normalized spacial score (nSPS) is 12.2. The summed E-state index contributed by atoms with van der Waals surface area (Å²) >= 11 is 9.35. The van der Waals surface area contributed by atoms with E-state index in [1.165, 1.54) is 6.07 Å². The van der Waals surface area contributed by atoms with Crippen molar-refractivity contribution in [2.75, 3.05) is 11.9 Å². The Bertz CT molecular complexity index is 606. The molecule has 0 amide bonds. The number of hydrogen-bond donors (Lipinski definition) is 0. The summed E-state index contributed by atoms with van der Waals surface area (Å²) in [5.74, 6) is 0.908. The van der Waals surface area contributed by atoms with Crippen LogP contribution in [0.1, 0.15) is 24.1 Å². The first kappa shape index (κ1) is 15.3. The van der Waals surface area contributed by atoms with Gasteiger partial charge in [-0.15, -0.1) is 11.6 Å². The minimum Gasteiger partial charge on any atom is -0.353 e. The van der Waals surface area contributed by atoms with Crippen LogP contribution < -0.4 is 4.90 Å². The fraction of sp³-hybridized carbons (Fsp3) is 0.267. The lowest BCUT2D eigenvalue weighted by atomic mass is 10.1. The van der Waals surface area contributed by atoms with Crippen molar-refractivity contribution in [2.45, 2.75) is 18.8 Å². The van der Waals surface area contributed by atoms with Crippen LogP contribution in [0.2, 0.25) is 0 Å². The molecule has 0 fully saturated rings. The van der Waals surface area contributed by atoms with Gasteiger partial charge in [-0.25, -0.2) is 9.37 Å². The van der Waals surface area contributed by atoms with Crippen molar-refractivity contribution in [3.63, 3.8) is 0 Å². The zero-order valence-corrected chi connectivity index (χ0v) is 13.6. The van der Waals surface area contributed by atoms with Gasteiger partial charge in [0.1, 0.15) is 11.6 Å². The molecule has 2 nitrogen and oxygen atoms in total. The summed E-state index contributed by atoms with van der Waals surface area (Å²) in [7, 11) is 1.89. The monoisotopic (exact) mass is 356 g/mol. The molecule has 20 heavy (non-hydrogen) atoms. The van der Waals surface area contributed by atoms with Crippen molar-refractivity contribution in [3.8, 4) is 0 Å². The molecule has 0 aliphatic heterocycles. The summed E-state index contributed by atoms with van der Waals surface area (Å²) in [5, 5.41) is 0. The first-order valence-electron chi connectivity index (χ1n) is 6.22. The summed E-state index contributed by atoms with van der Waals surface area (Å²) in [5.41, 5.74) is 1.55. The third kappa shape index (κ3) is 3.13. The van der Waals surface area contributed by atoms with Crippen molar-refractivity contribution >= 4 is 33.3 Å². The van der Waals surface area contributed by atoms with Gasteiger partial charge in [0.25, 0.3) is 0 Å².